The topological polar surface area (TPSA) is 84.0 Å². The summed E-state index contributed by atoms with van der Waals surface area (Å²) in [5, 5.41) is 0. The number of sulfonamides is 1. The molecule has 33 heavy (non-hydrogen) atoms. The predicted octanol–water partition coefficient (Wildman–Crippen LogP) is 3.11. The molecule has 0 saturated carbocycles. The van der Waals surface area contributed by atoms with Crippen LogP contribution in [0.5, 0.6) is 0 Å². The molecule has 2 aliphatic rings. The summed E-state index contributed by atoms with van der Waals surface area (Å²) >= 11 is 0.968. The van der Waals surface area contributed by atoms with Crippen molar-refractivity contribution in [2.24, 2.45) is 0 Å². The molecule has 2 aliphatic heterocycles. The number of hydrogen-bond acceptors (Lipinski definition) is 6. The van der Waals surface area contributed by atoms with Crippen molar-refractivity contribution in [3.63, 3.8) is 0 Å². The van der Waals surface area contributed by atoms with E-state index in [2.05, 4.69) is 0 Å². The second kappa shape index (κ2) is 9.47. The van der Waals surface area contributed by atoms with Crippen LogP contribution < -0.4 is 0 Å². The van der Waals surface area contributed by atoms with Crippen LogP contribution in [-0.4, -0.2) is 56.2 Å². The zero-order valence-corrected chi connectivity index (χ0v) is 19.7. The third-order valence-corrected chi connectivity index (χ3v) is 9.66. The molecule has 0 radical (unpaired) electrons. The van der Waals surface area contributed by atoms with E-state index in [1.807, 2.05) is 0 Å². The van der Waals surface area contributed by atoms with Crippen molar-refractivity contribution in [3.05, 3.63) is 51.4 Å². The van der Waals surface area contributed by atoms with E-state index in [0.717, 1.165) is 42.7 Å². The van der Waals surface area contributed by atoms with Crippen molar-refractivity contribution in [2.45, 2.75) is 42.9 Å². The fraction of sp³-hybridized carbons (Fsp3) is 0.455. The molecule has 0 atom stereocenters. The molecule has 0 aliphatic carbocycles. The van der Waals surface area contributed by atoms with Gasteiger partial charge in [-0.05, 0) is 37.0 Å². The van der Waals surface area contributed by atoms with E-state index < -0.39 is 40.0 Å². The number of carbonyl (C=O) groups is 2. The van der Waals surface area contributed by atoms with E-state index in [-0.39, 0.29) is 34.8 Å². The van der Waals surface area contributed by atoms with E-state index in [1.165, 1.54) is 22.4 Å². The maximum Gasteiger partial charge on any atom is 0.340 e. The number of hydrogen-bond donors (Lipinski definition) is 0. The lowest BCUT2D eigenvalue weighted by Crippen LogP contribution is -2.37. The van der Waals surface area contributed by atoms with Crippen molar-refractivity contribution >= 4 is 33.2 Å². The number of carbonyl (C=O) groups excluding carboxylic acids is 2. The fourth-order valence-electron chi connectivity index (χ4n) is 4.27. The number of halogens is 2. The monoisotopic (exact) mass is 498 g/mol. The second-order valence-electron chi connectivity index (χ2n) is 8.06. The van der Waals surface area contributed by atoms with Crippen LogP contribution in [-0.2, 0) is 38.9 Å². The molecule has 1 saturated heterocycles. The summed E-state index contributed by atoms with van der Waals surface area (Å²) in [4.78, 5) is 27.4. The van der Waals surface area contributed by atoms with Crippen molar-refractivity contribution in [3.8, 4) is 0 Å². The number of methoxy groups -OCH3 is 1. The second-order valence-corrected chi connectivity index (χ2v) is 11.3. The van der Waals surface area contributed by atoms with Crippen molar-refractivity contribution in [1.82, 2.24) is 9.21 Å². The number of benzene rings is 1. The van der Waals surface area contributed by atoms with Gasteiger partial charge < -0.3 is 9.64 Å². The van der Waals surface area contributed by atoms with Crippen LogP contribution in [0.3, 0.4) is 0 Å². The van der Waals surface area contributed by atoms with Gasteiger partial charge in [-0.1, -0.05) is 12.5 Å². The van der Waals surface area contributed by atoms with Crippen LogP contribution in [0.1, 0.15) is 45.6 Å². The zero-order chi connectivity index (χ0) is 23.8. The molecule has 0 spiro atoms. The number of nitrogens with zero attached hydrogens (tertiary/aromatic N) is 2. The first-order chi connectivity index (χ1) is 15.7. The summed E-state index contributed by atoms with van der Waals surface area (Å²) in [7, 11) is -2.69. The summed E-state index contributed by atoms with van der Waals surface area (Å²) in [5.41, 5.74) is 0.293. The van der Waals surface area contributed by atoms with Gasteiger partial charge in [0.2, 0.25) is 5.91 Å². The number of amides is 1. The molecular formula is C22H24F2N2O5S2. The van der Waals surface area contributed by atoms with Gasteiger partial charge in [0.05, 0.1) is 25.6 Å². The Labute approximate surface area is 195 Å². The minimum Gasteiger partial charge on any atom is -0.465 e. The van der Waals surface area contributed by atoms with E-state index in [1.54, 1.807) is 0 Å². The minimum atomic E-state index is -3.89. The highest BCUT2D eigenvalue weighted by Crippen LogP contribution is 2.38. The van der Waals surface area contributed by atoms with Gasteiger partial charge in [-0.3, -0.25) is 4.79 Å². The largest absolute Gasteiger partial charge is 0.465 e. The molecule has 11 heteroatoms. The Morgan fingerprint density at radius 3 is 2.39 bits per heavy atom. The third-order valence-electron chi connectivity index (χ3n) is 6.05. The molecule has 2 aromatic rings. The first-order valence-corrected chi connectivity index (χ1v) is 12.9. The number of rotatable bonds is 5. The first kappa shape index (κ1) is 23.8. The lowest BCUT2D eigenvalue weighted by molar-refractivity contribution is -0.131. The normalized spacial score (nSPS) is 17.0. The number of fused-ring (bicyclic) bond motifs is 1. The number of ether oxygens (including phenoxy) is 1. The van der Waals surface area contributed by atoms with Gasteiger partial charge in [0.1, 0.15) is 15.8 Å². The minimum absolute atomic E-state index is 0.0373. The fourth-order valence-corrected chi connectivity index (χ4v) is 7.83. The van der Waals surface area contributed by atoms with Crippen LogP contribution in [0.25, 0.3) is 0 Å². The molecule has 7 nitrogen and oxygen atoms in total. The Morgan fingerprint density at radius 1 is 1.09 bits per heavy atom. The van der Waals surface area contributed by atoms with E-state index in [9.17, 15) is 26.8 Å². The third kappa shape index (κ3) is 4.53. The Morgan fingerprint density at radius 2 is 1.76 bits per heavy atom. The molecule has 4 rings (SSSR count). The molecule has 0 N–H and O–H groups in total. The van der Waals surface area contributed by atoms with Gasteiger partial charge in [0.15, 0.2) is 0 Å². The lowest BCUT2D eigenvalue weighted by atomic mass is 10.0. The highest BCUT2D eigenvalue weighted by molar-refractivity contribution is 7.91. The van der Waals surface area contributed by atoms with Crippen LogP contribution in [0, 0.1) is 11.6 Å². The highest BCUT2D eigenvalue weighted by Gasteiger charge is 2.38. The Hall–Kier alpha value is -2.37. The van der Waals surface area contributed by atoms with Crippen LogP contribution in [0.15, 0.2) is 22.4 Å². The molecule has 1 aromatic heterocycles. The molecule has 1 amide bonds. The standard InChI is InChI=1S/C22H24F2N2O5S2/c1-31-21(28)20-14-8-11-25(19(27)12-15-16(23)6-5-7-17(15)24)13-18(14)32-22(20)33(29,30)26-9-3-2-4-10-26/h5-7H,2-4,8-13H2,1H3. The SMILES string of the molecule is COC(=O)c1c(S(=O)(=O)N2CCCCC2)sc2c1CCN(C(=O)Cc1c(F)cccc1F)C2. The first-order valence-electron chi connectivity index (χ1n) is 10.7. The average Bonchev–Trinajstić information content (AvgIpc) is 3.21. The van der Waals surface area contributed by atoms with E-state index in [4.69, 9.17) is 4.74 Å². The quantitative estimate of drug-likeness (QED) is 0.592. The van der Waals surface area contributed by atoms with Gasteiger partial charge in [0.25, 0.3) is 10.0 Å². The van der Waals surface area contributed by atoms with Crippen LogP contribution in [0.2, 0.25) is 0 Å². The Balaban J connectivity index is 1.64. The predicted molar refractivity (Wildman–Crippen MR) is 117 cm³/mol. The van der Waals surface area contributed by atoms with Gasteiger partial charge in [-0.25, -0.2) is 22.0 Å². The van der Waals surface area contributed by atoms with Crippen molar-refractivity contribution < 1.29 is 31.5 Å². The average molecular weight is 499 g/mol. The summed E-state index contributed by atoms with van der Waals surface area (Å²) in [6.45, 7) is 1.05. The zero-order valence-electron chi connectivity index (χ0n) is 18.1. The summed E-state index contributed by atoms with van der Waals surface area (Å²) in [6, 6.07) is 3.43. The lowest BCUT2D eigenvalue weighted by Gasteiger charge is -2.27. The van der Waals surface area contributed by atoms with Gasteiger partial charge in [0, 0.05) is 30.1 Å². The molecule has 3 heterocycles. The smallest absolute Gasteiger partial charge is 0.340 e. The molecule has 0 bridgehead atoms. The molecular weight excluding hydrogens is 474 g/mol. The van der Waals surface area contributed by atoms with E-state index >= 15 is 0 Å². The molecule has 178 valence electrons. The van der Waals surface area contributed by atoms with E-state index in [0.29, 0.717) is 23.5 Å². The highest BCUT2D eigenvalue weighted by atomic mass is 32.2. The number of thiophene rings is 1. The number of esters is 1. The molecule has 0 unspecified atom stereocenters. The maximum absolute atomic E-state index is 14.0. The van der Waals surface area contributed by atoms with Crippen LogP contribution in [0.4, 0.5) is 8.78 Å². The van der Waals surface area contributed by atoms with Crippen molar-refractivity contribution in [2.75, 3.05) is 26.7 Å². The maximum atomic E-state index is 14.0. The molecule has 1 fully saturated rings. The summed E-state index contributed by atoms with van der Waals surface area (Å²) in [6.07, 6.45) is 2.27. The van der Waals surface area contributed by atoms with Crippen LogP contribution >= 0.6 is 11.3 Å². The van der Waals surface area contributed by atoms with Gasteiger partial charge >= 0.3 is 5.97 Å². The summed E-state index contributed by atoms with van der Waals surface area (Å²) < 4.78 is 60.9. The van der Waals surface area contributed by atoms with Gasteiger partial charge in [-0.15, -0.1) is 11.3 Å². The van der Waals surface area contributed by atoms with Crippen molar-refractivity contribution in [1.29, 1.82) is 0 Å². The number of piperidine rings is 1. The Kier molecular flexibility index (Phi) is 6.83. The Bertz CT molecular complexity index is 1170. The molecule has 1 aromatic carbocycles. The van der Waals surface area contributed by atoms with Gasteiger partial charge in [-0.2, -0.15) is 4.31 Å². The summed E-state index contributed by atoms with van der Waals surface area (Å²) in [5.74, 6) is -2.78.